The average molecular weight is 356 g/mol. The number of hydrogen-bond donors (Lipinski definition) is 0. The molecular formula is C15H9F3NO6-. The van der Waals surface area contributed by atoms with Gasteiger partial charge in [0.15, 0.2) is 11.5 Å². The van der Waals surface area contributed by atoms with Crippen molar-refractivity contribution in [2.24, 2.45) is 0 Å². The minimum absolute atomic E-state index is 0.0871. The Morgan fingerprint density at radius 2 is 1.72 bits per heavy atom. The molecule has 132 valence electrons. The molecule has 0 saturated carbocycles. The summed E-state index contributed by atoms with van der Waals surface area (Å²) in [5.41, 5.74) is -2.34. The molecule has 25 heavy (non-hydrogen) atoms. The van der Waals surface area contributed by atoms with Crippen LogP contribution in [0.5, 0.6) is 17.2 Å². The molecule has 0 fully saturated rings. The molecule has 10 heteroatoms. The van der Waals surface area contributed by atoms with E-state index in [1.165, 1.54) is 7.11 Å². The highest BCUT2D eigenvalue weighted by atomic mass is 19.4. The lowest BCUT2D eigenvalue weighted by molar-refractivity contribution is -0.385. The molecule has 0 unspecified atom stereocenters. The molecule has 0 spiro atoms. The number of methoxy groups -OCH3 is 1. The van der Waals surface area contributed by atoms with Gasteiger partial charge < -0.3 is 19.4 Å². The maximum absolute atomic E-state index is 12.7. The van der Waals surface area contributed by atoms with Gasteiger partial charge in [-0.3, -0.25) is 10.1 Å². The number of nitro groups is 1. The first-order valence-electron chi connectivity index (χ1n) is 6.56. The number of nitrogens with zero attached hydrogens (tertiary/aromatic N) is 1. The molecule has 0 aliphatic carbocycles. The monoisotopic (exact) mass is 356 g/mol. The van der Waals surface area contributed by atoms with Crippen molar-refractivity contribution in [2.75, 3.05) is 7.11 Å². The van der Waals surface area contributed by atoms with Crippen LogP contribution in [0.25, 0.3) is 0 Å². The molecule has 0 N–H and O–H groups in total. The molecule has 0 aromatic heterocycles. The van der Waals surface area contributed by atoms with Crippen molar-refractivity contribution < 1.29 is 37.5 Å². The van der Waals surface area contributed by atoms with Crippen LogP contribution in [0.15, 0.2) is 36.4 Å². The Hall–Kier alpha value is -3.30. The Balaban J connectivity index is 2.46. The van der Waals surface area contributed by atoms with Crippen molar-refractivity contribution in [2.45, 2.75) is 6.18 Å². The highest BCUT2D eigenvalue weighted by molar-refractivity contribution is 5.86. The second-order valence-corrected chi connectivity index (χ2v) is 4.69. The number of halogens is 3. The van der Waals surface area contributed by atoms with E-state index in [-0.39, 0.29) is 17.1 Å². The maximum Gasteiger partial charge on any atom is 0.416 e. The van der Waals surface area contributed by atoms with Crippen molar-refractivity contribution in [3.8, 4) is 17.2 Å². The third-order valence-electron chi connectivity index (χ3n) is 3.10. The Morgan fingerprint density at radius 3 is 2.24 bits per heavy atom. The number of carboxylic acid groups (broad SMARTS) is 1. The van der Waals surface area contributed by atoms with Crippen LogP contribution in [0.1, 0.15) is 15.9 Å². The van der Waals surface area contributed by atoms with Gasteiger partial charge in [0.2, 0.25) is 5.75 Å². The Kier molecular flexibility index (Phi) is 4.82. The molecule has 0 atom stereocenters. The second kappa shape index (κ2) is 6.67. The lowest BCUT2D eigenvalue weighted by Gasteiger charge is -2.13. The molecule has 0 saturated heterocycles. The van der Waals surface area contributed by atoms with E-state index < -0.39 is 34.1 Å². The van der Waals surface area contributed by atoms with Crippen LogP contribution < -0.4 is 14.6 Å². The molecule has 0 amide bonds. The standard InChI is InChI=1S/C15H10F3NO6/c1-24-13-6-8(14(20)21)2-4-12(13)25-11-5-3-9(15(16,17)18)7-10(11)19(22)23/h2-7H,1H3,(H,20,21)/p-1. The summed E-state index contributed by atoms with van der Waals surface area (Å²) in [6, 6.07) is 5.07. The second-order valence-electron chi connectivity index (χ2n) is 4.69. The first-order valence-corrected chi connectivity index (χ1v) is 6.56. The van der Waals surface area contributed by atoms with Gasteiger partial charge in [0.05, 0.1) is 23.6 Å². The summed E-state index contributed by atoms with van der Waals surface area (Å²) in [4.78, 5) is 20.8. The Bertz CT molecular complexity index is 835. The third kappa shape index (κ3) is 3.97. The van der Waals surface area contributed by atoms with E-state index in [9.17, 15) is 33.2 Å². The molecule has 0 radical (unpaired) electrons. The zero-order chi connectivity index (χ0) is 18.8. The van der Waals surface area contributed by atoms with Gasteiger partial charge in [0, 0.05) is 11.6 Å². The van der Waals surface area contributed by atoms with Gasteiger partial charge in [-0.15, -0.1) is 0 Å². The van der Waals surface area contributed by atoms with E-state index in [0.29, 0.717) is 12.1 Å². The number of carboxylic acids is 1. The van der Waals surface area contributed by atoms with E-state index in [1.807, 2.05) is 0 Å². The molecule has 2 aromatic carbocycles. The van der Waals surface area contributed by atoms with Gasteiger partial charge >= 0.3 is 11.9 Å². The van der Waals surface area contributed by atoms with Crippen molar-refractivity contribution in [1.82, 2.24) is 0 Å². The summed E-state index contributed by atoms with van der Waals surface area (Å²) in [5, 5.41) is 21.8. The smallest absolute Gasteiger partial charge is 0.416 e. The largest absolute Gasteiger partial charge is 0.545 e. The lowest BCUT2D eigenvalue weighted by Crippen LogP contribution is -2.22. The summed E-state index contributed by atoms with van der Waals surface area (Å²) in [5.74, 6) is -2.14. The van der Waals surface area contributed by atoms with Crippen LogP contribution in [0.2, 0.25) is 0 Å². The fourth-order valence-electron chi connectivity index (χ4n) is 1.92. The molecule has 0 aliphatic rings. The van der Waals surface area contributed by atoms with E-state index >= 15 is 0 Å². The van der Waals surface area contributed by atoms with Crippen LogP contribution in [0.3, 0.4) is 0 Å². The van der Waals surface area contributed by atoms with Gasteiger partial charge in [0.25, 0.3) is 0 Å². The molecular weight excluding hydrogens is 347 g/mol. The average Bonchev–Trinajstić information content (AvgIpc) is 2.54. The number of aromatic carboxylic acids is 1. The number of ether oxygens (including phenoxy) is 2. The van der Waals surface area contributed by atoms with Crippen LogP contribution in [-0.4, -0.2) is 18.0 Å². The summed E-state index contributed by atoms with van der Waals surface area (Å²) < 4.78 is 48.2. The van der Waals surface area contributed by atoms with E-state index in [1.54, 1.807) is 0 Å². The van der Waals surface area contributed by atoms with Crippen LogP contribution in [0, 0.1) is 10.1 Å². The van der Waals surface area contributed by atoms with Gasteiger partial charge in [-0.05, 0) is 30.3 Å². The van der Waals surface area contributed by atoms with E-state index in [0.717, 1.165) is 24.3 Å². The quantitative estimate of drug-likeness (QED) is 0.603. The van der Waals surface area contributed by atoms with Crippen molar-refractivity contribution in [1.29, 1.82) is 0 Å². The SMILES string of the molecule is COc1cc(C(=O)[O-])ccc1Oc1ccc(C(F)(F)F)cc1[N+](=O)[O-]. The minimum Gasteiger partial charge on any atom is -0.545 e. The van der Waals surface area contributed by atoms with Crippen molar-refractivity contribution >= 4 is 11.7 Å². The highest BCUT2D eigenvalue weighted by Gasteiger charge is 2.33. The summed E-state index contributed by atoms with van der Waals surface area (Å²) in [6.45, 7) is 0. The zero-order valence-corrected chi connectivity index (χ0v) is 12.5. The topological polar surface area (TPSA) is 102 Å². The third-order valence-corrected chi connectivity index (χ3v) is 3.10. The normalized spacial score (nSPS) is 11.0. The maximum atomic E-state index is 12.7. The number of benzene rings is 2. The van der Waals surface area contributed by atoms with Crippen LogP contribution in [-0.2, 0) is 6.18 Å². The van der Waals surface area contributed by atoms with Crippen molar-refractivity contribution in [3.63, 3.8) is 0 Å². The summed E-state index contributed by atoms with van der Waals surface area (Å²) in [7, 11) is 1.20. The number of rotatable bonds is 5. The Labute approximate surface area is 138 Å². The Morgan fingerprint density at radius 1 is 1.08 bits per heavy atom. The molecule has 0 heterocycles. The first-order chi connectivity index (χ1) is 11.6. The van der Waals surface area contributed by atoms with Gasteiger partial charge in [0.1, 0.15) is 0 Å². The zero-order valence-electron chi connectivity index (χ0n) is 12.5. The highest BCUT2D eigenvalue weighted by Crippen LogP contribution is 2.40. The van der Waals surface area contributed by atoms with Crippen LogP contribution >= 0.6 is 0 Å². The predicted molar refractivity (Wildman–Crippen MR) is 75.5 cm³/mol. The fourth-order valence-corrected chi connectivity index (χ4v) is 1.92. The lowest BCUT2D eigenvalue weighted by atomic mass is 10.1. The van der Waals surface area contributed by atoms with Gasteiger partial charge in [-0.1, -0.05) is 0 Å². The molecule has 0 aliphatic heterocycles. The van der Waals surface area contributed by atoms with Crippen LogP contribution in [0.4, 0.5) is 18.9 Å². The minimum atomic E-state index is -4.75. The van der Waals surface area contributed by atoms with Gasteiger partial charge in [-0.2, -0.15) is 13.2 Å². The van der Waals surface area contributed by atoms with Gasteiger partial charge in [-0.25, -0.2) is 0 Å². The summed E-state index contributed by atoms with van der Waals surface area (Å²) in [6.07, 6.45) is -4.75. The van der Waals surface area contributed by atoms with E-state index in [2.05, 4.69) is 0 Å². The number of carbonyl (C=O) groups excluding carboxylic acids is 1. The number of alkyl halides is 3. The summed E-state index contributed by atoms with van der Waals surface area (Å²) >= 11 is 0. The van der Waals surface area contributed by atoms with Crippen molar-refractivity contribution in [3.05, 3.63) is 57.6 Å². The molecule has 2 aromatic rings. The molecule has 7 nitrogen and oxygen atoms in total. The van der Waals surface area contributed by atoms with E-state index in [4.69, 9.17) is 9.47 Å². The first kappa shape index (κ1) is 18.0. The number of hydrogen-bond acceptors (Lipinski definition) is 6. The number of carbonyl (C=O) groups is 1. The number of nitro benzene ring substituents is 1. The predicted octanol–water partition coefficient (Wildman–Crippen LogP) is 2.78. The molecule has 0 bridgehead atoms. The molecule has 2 rings (SSSR count). The fraction of sp³-hybridized carbons (Fsp3) is 0.133.